The van der Waals surface area contributed by atoms with E-state index >= 15 is 0 Å². The topological polar surface area (TPSA) is 77.2 Å². The summed E-state index contributed by atoms with van der Waals surface area (Å²) in [5.41, 5.74) is 2.01. The van der Waals surface area contributed by atoms with Crippen molar-refractivity contribution in [1.82, 2.24) is 15.6 Å². The number of benzene rings is 1. The molecule has 0 spiro atoms. The third-order valence-corrected chi connectivity index (χ3v) is 3.80. The van der Waals surface area contributed by atoms with Crippen molar-refractivity contribution in [2.75, 3.05) is 6.54 Å². The van der Waals surface area contributed by atoms with Crippen molar-refractivity contribution < 1.29 is 9.90 Å². The molecule has 0 aliphatic rings. The first-order valence-corrected chi connectivity index (χ1v) is 7.36. The van der Waals surface area contributed by atoms with E-state index in [2.05, 4.69) is 15.6 Å². The highest BCUT2D eigenvalue weighted by Gasteiger charge is 2.13. The number of hydrogen-bond acceptors (Lipinski definition) is 2. The van der Waals surface area contributed by atoms with Gasteiger partial charge in [0.05, 0.1) is 12.6 Å². The first-order chi connectivity index (χ1) is 10.1. The molecule has 0 aliphatic heterocycles. The molecule has 1 heterocycles. The number of para-hydroxylation sites is 1. The molecule has 0 radical (unpaired) electrons. The lowest BCUT2D eigenvalue weighted by molar-refractivity contribution is 0.114. The third kappa shape index (κ3) is 4.23. The fraction of sp³-hybridized carbons (Fsp3) is 0.438. The van der Waals surface area contributed by atoms with Crippen molar-refractivity contribution in [1.29, 1.82) is 0 Å². The molecule has 2 aromatic rings. The van der Waals surface area contributed by atoms with Crippen LogP contribution in [0.2, 0.25) is 0 Å². The van der Waals surface area contributed by atoms with Crippen molar-refractivity contribution in [2.45, 2.75) is 32.9 Å². The number of aromatic nitrogens is 1. The zero-order chi connectivity index (χ0) is 15.2. The molecular formula is C16H23N3O2. The number of urea groups is 1. The maximum atomic E-state index is 11.7. The Balaban J connectivity index is 1.78. The van der Waals surface area contributed by atoms with Crippen LogP contribution in [0.1, 0.15) is 26.0 Å². The number of aliphatic hydroxyl groups excluding tert-OH is 1. The maximum Gasteiger partial charge on any atom is 0.315 e. The second-order valence-corrected chi connectivity index (χ2v) is 5.40. The summed E-state index contributed by atoms with van der Waals surface area (Å²) >= 11 is 0. The number of carbonyl (C=O) groups excluding carboxylic acids is 1. The minimum atomic E-state index is -0.506. The van der Waals surface area contributed by atoms with Crippen LogP contribution in [0, 0.1) is 5.92 Å². The molecule has 0 aliphatic carbocycles. The van der Waals surface area contributed by atoms with Gasteiger partial charge in [-0.1, -0.05) is 38.5 Å². The van der Waals surface area contributed by atoms with Crippen LogP contribution < -0.4 is 10.6 Å². The van der Waals surface area contributed by atoms with Gasteiger partial charge in [-0.15, -0.1) is 0 Å². The molecule has 4 N–H and O–H groups in total. The average molecular weight is 289 g/mol. The average Bonchev–Trinajstić information content (AvgIpc) is 2.92. The first kappa shape index (κ1) is 15.4. The fourth-order valence-corrected chi connectivity index (χ4v) is 2.14. The highest BCUT2D eigenvalue weighted by molar-refractivity contribution is 5.80. The molecule has 1 aromatic heterocycles. The van der Waals surface area contributed by atoms with E-state index in [0.717, 1.165) is 23.0 Å². The van der Waals surface area contributed by atoms with Crippen molar-refractivity contribution in [3.05, 3.63) is 36.0 Å². The van der Waals surface area contributed by atoms with E-state index in [0.29, 0.717) is 6.54 Å². The SMILES string of the molecule is CCC(C)C(O)CNC(=O)NCc1cc2ccccc2[nH]1. The van der Waals surface area contributed by atoms with Crippen molar-refractivity contribution in [2.24, 2.45) is 5.92 Å². The lowest BCUT2D eigenvalue weighted by Crippen LogP contribution is -2.41. The van der Waals surface area contributed by atoms with E-state index in [4.69, 9.17) is 0 Å². The molecule has 5 heteroatoms. The van der Waals surface area contributed by atoms with Gasteiger partial charge in [-0.3, -0.25) is 0 Å². The summed E-state index contributed by atoms with van der Waals surface area (Å²) in [6.07, 6.45) is 0.383. The number of aliphatic hydroxyl groups is 1. The van der Waals surface area contributed by atoms with Crippen molar-refractivity contribution >= 4 is 16.9 Å². The Morgan fingerprint density at radius 1 is 1.33 bits per heavy atom. The Kier molecular flexibility index (Phi) is 5.22. The van der Waals surface area contributed by atoms with E-state index in [-0.39, 0.29) is 18.5 Å². The molecule has 2 atom stereocenters. The van der Waals surface area contributed by atoms with E-state index in [1.165, 1.54) is 0 Å². The van der Waals surface area contributed by atoms with Gasteiger partial charge in [0.1, 0.15) is 0 Å². The highest BCUT2D eigenvalue weighted by atomic mass is 16.3. The summed E-state index contributed by atoms with van der Waals surface area (Å²) in [6.45, 7) is 4.69. The highest BCUT2D eigenvalue weighted by Crippen LogP contribution is 2.14. The van der Waals surface area contributed by atoms with E-state index in [1.54, 1.807) is 0 Å². The van der Waals surface area contributed by atoms with Gasteiger partial charge in [0.2, 0.25) is 0 Å². The second-order valence-electron chi connectivity index (χ2n) is 5.40. The molecule has 1 aromatic carbocycles. The quantitative estimate of drug-likeness (QED) is 0.659. The van der Waals surface area contributed by atoms with Crippen LogP contribution in [0.15, 0.2) is 30.3 Å². The second kappa shape index (κ2) is 7.13. The molecule has 21 heavy (non-hydrogen) atoms. The van der Waals surface area contributed by atoms with Crippen LogP contribution in [0.25, 0.3) is 10.9 Å². The molecule has 0 bridgehead atoms. The van der Waals surface area contributed by atoms with Gasteiger partial charge in [-0.05, 0) is 23.4 Å². The summed E-state index contributed by atoms with van der Waals surface area (Å²) in [6, 6.07) is 9.73. The van der Waals surface area contributed by atoms with Crippen molar-refractivity contribution in [3.63, 3.8) is 0 Å². The van der Waals surface area contributed by atoms with Crippen LogP contribution in [0.4, 0.5) is 4.79 Å². The lowest BCUT2D eigenvalue weighted by Gasteiger charge is -2.17. The smallest absolute Gasteiger partial charge is 0.315 e. The molecule has 0 saturated carbocycles. The molecule has 114 valence electrons. The monoisotopic (exact) mass is 289 g/mol. The number of carbonyl (C=O) groups is 1. The predicted octanol–water partition coefficient (Wildman–Crippen LogP) is 2.37. The van der Waals surface area contributed by atoms with E-state index in [9.17, 15) is 9.90 Å². The van der Waals surface area contributed by atoms with Gasteiger partial charge in [-0.25, -0.2) is 4.79 Å². The van der Waals surface area contributed by atoms with Gasteiger partial charge >= 0.3 is 6.03 Å². The Hall–Kier alpha value is -2.01. The summed E-state index contributed by atoms with van der Waals surface area (Å²) in [5.74, 6) is 0.180. The minimum absolute atomic E-state index is 0.180. The Morgan fingerprint density at radius 2 is 2.10 bits per heavy atom. The normalized spacial score (nSPS) is 13.9. The fourth-order valence-electron chi connectivity index (χ4n) is 2.14. The van der Waals surface area contributed by atoms with E-state index < -0.39 is 6.10 Å². The molecule has 5 nitrogen and oxygen atoms in total. The third-order valence-electron chi connectivity index (χ3n) is 3.80. The zero-order valence-corrected chi connectivity index (χ0v) is 12.5. The van der Waals surface area contributed by atoms with Gasteiger partial charge in [0.25, 0.3) is 0 Å². The molecule has 0 fully saturated rings. The molecular weight excluding hydrogens is 266 g/mol. The van der Waals surface area contributed by atoms with Gasteiger partial charge in [0.15, 0.2) is 0 Å². The van der Waals surface area contributed by atoms with Crippen LogP contribution in [-0.4, -0.2) is 28.8 Å². The molecule has 2 unspecified atom stereocenters. The summed E-state index contributed by atoms with van der Waals surface area (Å²) in [7, 11) is 0. The van der Waals surface area contributed by atoms with Crippen LogP contribution in [0.5, 0.6) is 0 Å². The van der Waals surface area contributed by atoms with Crippen LogP contribution in [-0.2, 0) is 6.54 Å². The minimum Gasteiger partial charge on any atom is -0.391 e. The number of hydrogen-bond donors (Lipinski definition) is 4. The number of fused-ring (bicyclic) bond motifs is 1. The van der Waals surface area contributed by atoms with Gasteiger partial charge in [0, 0.05) is 17.8 Å². The summed E-state index contributed by atoms with van der Waals surface area (Å²) in [5, 5.41) is 16.4. The van der Waals surface area contributed by atoms with Gasteiger partial charge < -0.3 is 20.7 Å². The number of rotatable bonds is 6. The van der Waals surface area contributed by atoms with Crippen LogP contribution in [0.3, 0.4) is 0 Å². The Labute approximate surface area is 124 Å². The predicted molar refractivity (Wildman–Crippen MR) is 84.0 cm³/mol. The number of H-pyrrole nitrogens is 1. The zero-order valence-electron chi connectivity index (χ0n) is 12.5. The first-order valence-electron chi connectivity index (χ1n) is 7.36. The Morgan fingerprint density at radius 3 is 2.81 bits per heavy atom. The van der Waals surface area contributed by atoms with Crippen LogP contribution >= 0.6 is 0 Å². The number of nitrogens with one attached hydrogen (secondary N) is 3. The van der Waals surface area contributed by atoms with Crippen molar-refractivity contribution in [3.8, 4) is 0 Å². The molecule has 2 amide bonds. The summed E-state index contributed by atoms with van der Waals surface area (Å²) < 4.78 is 0. The number of amides is 2. The van der Waals surface area contributed by atoms with E-state index in [1.807, 2.05) is 44.2 Å². The van der Waals surface area contributed by atoms with Gasteiger partial charge in [-0.2, -0.15) is 0 Å². The largest absolute Gasteiger partial charge is 0.391 e. The Bertz CT molecular complexity index is 561. The summed E-state index contributed by atoms with van der Waals surface area (Å²) in [4.78, 5) is 15.0. The standard InChI is InChI=1S/C16H23N3O2/c1-3-11(2)15(20)10-18-16(21)17-9-13-8-12-6-4-5-7-14(12)19-13/h4-8,11,15,19-20H,3,9-10H2,1-2H3,(H2,17,18,21). The molecule has 2 rings (SSSR count). The maximum absolute atomic E-state index is 11.7. The lowest BCUT2D eigenvalue weighted by atomic mass is 10.0. The number of aromatic amines is 1. The molecule has 0 saturated heterocycles.